The van der Waals surface area contributed by atoms with E-state index in [1.165, 1.54) is 13.2 Å². The number of benzene rings is 2. The molecule has 3 nitrogen and oxygen atoms in total. The van der Waals surface area contributed by atoms with E-state index in [4.69, 9.17) is 10.5 Å². The van der Waals surface area contributed by atoms with Crippen molar-refractivity contribution in [3.05, 3.63) is 71.8 Å². The quantitative estimate of drug-likeness (QED) is 0.800. The summed E-state index contributed by atoms with van der Waals surface area (Å²) in [4.78, 5) is 4.13. The van der Waals surface area contributed by atoms with Gasteiger partial charge in [0.05, 0.1) is 18.7 Å². The molecule has 2 N–H and O–H groups in total. The van der Waals surface area contributed by atoms with Crippen LogP contribution in [0.15, 0.2) is 54.9 Å². The van der Waals surface area contributed by atoms with Crippen molar-refractivity contribution in [3.63, 3.8) is 0 Å². The van der Waals surface area contributed by atoms with Gasteiger partial charge in [0.15, 0.2) is 0 Å². The highest BCUT2D eigenvalue weighted by atomic mass is 19.1. The van der Waals surface area contributed by atoms with Crippen LogP contribution in [0.3, 0.4) is 0 Å². The van der Waals surface area contributed by atoms with Gasteiger partial charge in [-0.3, -0.25) is 4.98 Å². The number of fused-ring (bicyclic) bond motifs is 1. The molecule has 1 atom stereocenters. The first-order chi connectivity index (χ1) is 10.2. The number of pyridine rings is 1. The van der Waals surface area contributed by atoms with Crippen molar-refractivity contribution in [3.8, 4) is 5.75 Å². The Hall–Kier alpha value is -2.46. The first-order valence-electron chi connectivity index (χ1n) is 6.63. The van der Waals surface area contributed by atoms with E-state index in [1.807, 2.05) is 24.3 Å². The van der Waals surface area contributed by atoms with Crippen LogP contribution in [0.1, 0.15) is 17.2 Å². The predicted molar refractivity (Wildman–Crippen MR) is 80.7 cm³/mol. The molecule has 0 fully saturated rings. The molecule has 106 valence electrons. The summed E-state index contributed by atoms with van der Waals surface area (Å²) in [6, 6.07) is 11.8. The molecular formula is C17H15FN2O. The number of nitrogens with two attached hydrogens (primary N) is 1. The summed E-state index contributed by atoms with van der Waals surface area (Å²) in [6.07, 6.45) is 3.47. The fraction of sp³-hybridized carbons (Fsp3) is 0.118. The molecule has 1 heterocycles. The lowest BCUT2D eigenvalue weighted by Crippen LogP contribution is -2.15. The smallest absolute Gasteiger partial charge is 0.132 e. The zero-order valence-electron chi connectivity index (χ0n) is 11.6. The molecule has 0 saturated carbocycles. The topological polar surface area (TPSA) is 48.1 Å². The number of hydrogen-bond acceptors (Lipinski definition) is 3. The van der Waals surface area contributed by atoms with Crippen LogP contribution < -0.4 is 10.5 Å². The van der Waals surface area contributed by atoms with Gasteiger partial charge in [-0.15, -0.1) is 0 Å². The van der Waals surface area contributed by atoms with E-state index in [-0.39, 0.29) is 5.82 Å². The molecule has 0 radical (unpaired) electrons. The Morgan fingerprint density at radius 1 is 1.14 bits per heavy atom. The zero-order chi connectivity index (χ0) is 14.8. The lowest BCUT2D eigenvalue weighted by molar-refractivity contribution is 0.402. The highest BCUT2D eigenvalue weighted by Crippen LogP contribution is 2.33. The molecule has 3 rings (SSSR count). The fourth-order valence-electron chi connectivity index (χ4n) is 2.56. The third-order valence-electron chi connectivity index (χ3n) is 3.60. The molecule has 0 saturated heterocycles. The van der Waals surface area contributed by atoms with Crippen LogP contribution in [0.4, 0.5) is 4.39 Å². The number of halogens is 1. The number of nitrogens with zero attached hydrogens (tertiary/aromatic N) is 1. The SMILES string of the molecule is COc1cccc(F)c1C(N)c1cccc2ccncc12. The van der Waals surface area contributed by atoms with Crippen molar-refractivity contribution >= 4 is 10.8 Å². The first-order valence-corrected chi connectivity index (χ1v) is 6.63. The van der Waals surface area contributed by atoms with Crippen LogP contribution in [0.2, 0.25) is 0 Å². The maximum absolute atomic E-state index is 14.2. The van der Waals surface area contributed by atoms with E-state index < -0.39 is 6.04 Å². The van der Waals surface area contributed by atoms with E-state index in [2.05, 4.69) is 4.98 Å². The van der Waals surface area contributed by atoms with Gasteiger partial charge in [0.2, 0.25) is 0 Å². The van der Waals surface area contributed by atoms with Gasteiger partial charge in [0.25, 0.3) is 0 Å². The van der Waals surface area contributed by atoms with Crippen molar-refractivity contribution in [1.29, 1.82) is 0 Å². The minimum atomic E-state index is -0.617. The lowest BCUT2D eigenvalue weighted by Gasteiger charge is -2.18. The van der Waals surface area contributed by atoms with Crippen molar-refractivity contribution in [2.24, 2.45) is 5.73 Å². The van der Waals surface area contributed by atoms with Crippen LogP contribution >= 0.6 is 0 Å². The van der Waals surface area contributed by atoms with Gasteiger partial charge in [-0.05, 0) is 29.1 Å². The van der Waals surface area contributed by atoms with Gasteiger partial charge in [-0.2, -0.15) is 0 Å². The Balaban J connectivity index is 2.20. The van der Waals surface area contributed by atoms with Crippen LogP contribution in [-0.4, -0.2) is 12.1 Å². The van der Waals surface area contributed by atoms with E-state index in [9.17, 15) is 4.39 Å². The Kier molecular flexibility index (Phi) is 3.54. The average molecular weight is 282 g/mol. The summed E-state index contributed by atoms with van der Waals surface area (Å²) < 4.78 is 19.4. The molecular weight excluding hydrogens is 267 g/mol. The van der Waals surface area contributed by atoms with Gasteiger partial charge in [-0.1, -0.05) is 24.3 Å². The minimum absolute atomic E-state index is 0.358. The van der Waals surface area contributed by atoms with Gasteiger partial charge >= 0.3 is 0 Å². The molecule has 0 aliphatic carbocycles. The molecule has 0 amide bonds. The molecule has 1 aromatic heterocycles. The number of hydrogen-bond donors (Lipinski definition) is 1. The summed E-state index contributed by atoms with van der Waals surface area (Å²) in [5.41, 5.74) is 7.49. The molecule has 4 heteroatoms. The highest BCUT2D eigenvalue weighted by Gasteiger charge is 2.20. The maximum Gasteiger partial charge on any atom is 0.132 e. The second-order valence-electron chi connectivity index (χ2n) is 4.78. The van der Waals surface area contributed by atoms with Gasteiger partial charge < -0.3 is 10.5 Å². The summed E-state index contributed by atoms with van der Waals surface area (Å²) in [6.45, 7) is 0. The normalized spacial score (nSPS) is 12.3. The van der Waals surface area contributed by atoms with Crippen molar-refractivity contribution in [1.82, 2.24) is 4.98 Å². The van der Waals surface area contributed by atoms with Crippen LogP contribution in [-0.2, 0) is 0 Å². The first kappa shape index (κ1) is 13.5. The molecule has 3 aromatic rings. The third-order valence-corrected chi connectivity index (χ3v) is 3.60. The average Bonchev–Trinajstić information content (AvgIpc) is 2.53. The number of rotatable bonds is 3. The molecule has 2 aromatic carbocycles. The molecule has 0 bridgehead atoms. The standard InChI is InChI=1S/C17H15FN2O/c1-21-15-7-3-6-14(18)16(15)17(19)12-5-2-4-11-8-9-20-10-13(11)12/h2-10,17H,19H2,1H3. The Morgan fingerprint density at radius 3 is 2.76 bits per heavy atom. The molecule has 0 aliphatic heterocycles. The highest BCUT2D eigenvalue weighted by molar-refractivity contribution is 5.85. The van der Waals surface area contributed by atoms with Crippen molar-refractivity contribution < 1.29 is 9.13 Å². The third kappa shape index (κ3) is 2.34. The Bertz CT molecular complexity index is 783. The van der Waals surface area contributed by atoms with Crippen LogP contribution in [0.25, 0.3) is 10.8 Å². The van der Waals surface area contributed by atoms with Gasteiger partial charge in [0, 0.05) is 17.8 Å². The second-order valence-corrected chi connectivity index (χ2v) is 4.78. The maximum atomic E-state index is 14.2. The molecule has 0 spiro atoms. The number of methoxy groups -OCH3 is 1. The molecule has 0 aliphatic rings. The zero-order valence-corrected chi connectivity index (χ0v) is 11.6. The molecule has 1 unspecified atom stereocenters. The van der Waals surface area contributed by atoms with Crippen LogP contribution in [0.5, 0.6) is 5.75 Å². The fourth-order valence-corrected chi connectivity index (χ4v) is 2.56. The Labute approximate surface area is 122 Å². The van der Waals surface area contributed by atoms with E-state index >= 15 is 0 Å². The van der Waals surface area contributed by atoms with E-state index in [0.29, 0.717) is 11.3 Å². The van der Waals surface area contributed by atoms with Gasteiger partial charge in [0.1, 0.15) is 11.6 Å². The summed E-state index contributed by atoms with van der Waals surface area (Å²) in [7, 11) is 1.51. The van der Waals surface area contributed by atoms with Crippen LogP contribution in [0, 0.1) is 5.82 Å². The van der Waals surface area contributed by atoms with E-state index in [1.54, 1.807) is 24.5 Å². The lowest BCUT2D eigenvalue weighted by atomic mass is 9.94. The molecule has 21 heavy (non-hydrogen) atoms. The van der Waals surface area contributed by atoms with Gasteiger partial charge in [-0.25, -0.2) is 4.39 Å². The predicted octanol–water partition coefficient (Wildman–Crippen LogP) is 3.43. The van der Waals surface area contributed by atoms with E-state index in [0.717, 1.165) is 16.3 Å². The Morgan fingerprint density at radius 2 is 1.95 bits per heavy atom. The van der Waals surface area contributed by atoms with Crippen molar-refractivity contribution in [2.75, 3.05) is 7.11 Å². The number of aromatic nitrogens is 1. The summed E-state index contributed by atoms with van der Waals surface area (Å²) >= 11 is 0. The van der Waals surface area contributed by atoms with Crippen molar-refractivity contribution in [2.45, 2.75) is 6.04 Å². The minimum Gasteiger partial charge on any atom is -0.496 e. The summed E-state index contributed by atoms with van der Waals surface area (Å²) in [5.74, 6) is 0.0751. The summed E-state index contributed by atoms with van der Waals surface area (Å²) in [5, 5.41) is 1.94. The number of ether oxygens (including phenoxy) is 1. The monoisotopic (exact) mass is 282 g/mol. The second kappa shape index (κ2) is 5.50. The largest absolute Gasteiger partial charge is 0.496 e.